The number of rotatable bonds is 8. The standard InChI is InChI=1S/C72H48BN3/c1-6-20-49(21-7-1)52-36-41-57(42-37-52)74-65-46-40-56(51-24-10-3-11-25-51)48-63(65)73-62-45-47-66-69(72(62)75(68-35-19-34-67(74)70(68)73)58-43-38-53(39-44-58)50-22-8-2-9-23-50)61-30-16-17-33-64(61)76(66)71-59(54-26-12-4-13-27-54)31-18-32-60(71)55-28-14-5-15-29-55/h1-48H. The monoisotopic (exact) mass is 965 g/mol. The Morgan fingerprint density at radius 1 is 0.263 bits per heavy atom. The van der Waals surface area contributed by atoms with Crippen LogP contribution in [0.2, 0.25) is 0 Å². The second-order valence-corrected chi connectivity index (χ2v) is 20.0. The Labute approximate surface area is 443 Å². The van der Waals surface area contributed by atoms with E-state index in [-0.39, 0.29) is 6.71 Å². The number of benzene rings is 12. The first-order valence-electron chi connectivity index (χ1n) is 26.3. The van der Waals surface area contributed by atoms with E-state index in [1.165, 1.54) is 106 Å². The molecule has 0 unspecified atom stereocenters. The second-order valence-electron chi connectivity index (χ2n) is 20.0. The van der Waals surface area contributed by atoms with Crippen molar-refractivity contribution in [3.8, 4) is 61.3 Å². The highest BCUT2D eigenvalue weighted by atomic mass is 15.2. The van der Waals surface area contributed by atoms with Crippen LogP contribution in [-0.4, -0.2) is 11.3 Å². The molecular weight excluding hydrogens is 918 g/mol. The van der Waals surface area contributed by atoms with E-state index in [2.05, 4.69) is 306 Å². The fraction of sp³-hybridized carbons (Fsp3) is 0. The maximum atomic E-state index is 2.59. The molecule has 0 fully saturated rings. The average molecular weight is 966 g/mol. The predicted molar refractivity (Wildman–Crippen MR) is 322 cm³/mol. The zero-order chi connectivity index (χ0) is 50.1. The summed E-state index contributed by atoms with van der Waals surface area (Å²) >= 11 is 0. The van der Waals surface area contributed by atoms with Crippen LogP contribution >= 0.6 is 0 Å². The van der Waals surface area contributed by atoms with E-state index in [1.807, 2.05) is 0 Å². The van der Waals surface area contributed by atoms with Gasteiger partial charge in [0, 0.05) is 50.3 Å². The molecule has 2 aliphatic rings. The van der Waals surface area contributed by atoms with Crippen LogP contribution in [0.1, 0.15) is 0 Å². The molecule has 3 heterocycles. The fourth-order valence-electron chi connectivity index (χ4n) is 12.4. The highest BCUT2D eigenvalue weighted by Crippen LogP contribution is 2.50. The molecule has 2 aliphatic heterocycles. The third-order valence-corrected chi connectivity index (χ3v) is 15.8. The van der Waals surface area contributed by atoms with Crippen molar-refractivity contribution in [2.75, 3.05) is 9.80 Å². The first-order chi connectivity index (χ1) is 37.7. The molecule has 12 aromatic carbocycles. The van der Waals surface area contributed by atoms with Crippen molar-refractivity contribution in [2.45, 2.75) is 0 Å². The van der Waals surface area contributed by atoms with Crippen molar-refractivity contribution < 1.29 is 0 Å². The van der Waals surface area contributed by atoms with Crippen molar-refractivity contribution in [1.82, 2.24) is 4.57 Å². The summed E-state index contributed by atoms with van der Waals surface area (Å²) in [6.45, 7) is -0.0949. The van der Waals surface area contributed by atoms with Crippen LogP contribution in [0.15, 0.2) is 291 Å². The predicted octanol–water partition coefficient (Wildman–Crippen LogP) is 17.2. The SMILES string of the molecule is c1ccc(-c2ccc(N3c4ccc(-c5ccccc5)cc4B4c5ccc6c(c5N(c5ccc(-c7ccccc7)cc5)c5cccc3c54)c3ccccc3n6-c3c(-c4ccccc4)cccc3-c3ccccc3)cc2)cc1. The Morgan fingerprint density at radius 3 is 1.28 bits per heavy atom. The molecule has 0 radical (unpaired) electrons. The largest absolute Gasteiger partial charge is 0.311 e. The Balaban J connectivity index is 1.04. The molecule has 0 amide bonds. The third kappa shape index (κ3) is 6.99. The van der Waals surface area contributed by atoms with Gasteiger partial charge in [0.05, 0.1) is 22.4 Å². The molecule has 0 saturated carbocycles. The molecule has 0 saturated heterocycles. The number of anilines is 6. The first kappa shape index (κ1) is 43.7. The van der Waals surface area contributed by atoms with E-state index in [9.17, 15) is 0 Å². The van der Waals surface area contributed by atoms with E-state index in [0.29, 0.717) is 0 Å². The highest BCUT2D eigenvalue weighted by molar-refractivity contribution is 7.00. The van der Waals surface area contributed by atoms with E-state index in [4.69, 9.17) is 0 Å². The van der Waals surface area contributed by atoms with Gasteiger partial charge < -0.3 is 14.4 Å². The second kappa shape index (κ2) is 17.9. The number of fused-ring (bicyclic) bond motifs is 8. The molecule has 15 rings (SSSR count). The third-order valence-electron chi connectivity index (χ3n) is 15.8. The molecular formula is C72H48BN3. The average Bonchev–Trinajstić information content (AvgIpc) is 4.04. The smallest absolute Gasteiger partial charge is 0.252 e. The van der Waals surface area contributed by atoms with Gasteiger partial charge in [-0.2, -0.15) is 0 Å². The van der Waals surface area contributed by atoms with Gasteiger partial charge in [-0.25, -0.2) is 0 Å². The number of hydrogen-bond donors (Lipinski definition) is 0. The van der Waals surface area contributed by atoms with E-state index >= 15 is 0 Å². The Bertz CT molecular complexity index is 4250. The number of aromatic nitrogens is 1. The summed E-state index contributed by atoms with van der Waals surface area (Å²) in [5.41, 5.74) is 26.1. The van der Waals surface area contributed by atoms with E-state index in [1.54, 1.807) is 0 Å². The van der Waals surface area contributed by atoms with Gasteiger partial charge >= 0.3 is 0 Å². The molecule has 0 N–H and O–H groups in total. The number of para-hydroxylation sites is 2. The lowest BCUT2D eigenvalue weighted by Crippen LogP contribution is -2.61. The number of nitrogens with zero attached hydrogens (tertiary/aromatic N) is 3. The first-order valence-corrected chi connectivity index (χ1v) is 26.3. The van der Waals surface area contributed by atoms with Crippen LogP contribution in [0.4, 0.5) is 34.1 Å². The highest BCUT2D eigenvalue weighted by Gasteiger charge is 2.44. The van der Waals surface area contributed by atoms with Crippen LogP contribution in [-0.2, 0) is 0 Å². The lowest BCUT2D eigenvalue weighted by molar-refractivity contribution is 1.18. The Kier molecular flexibility index (Phi) is 10.3. The zero-order valence-electron chi connectivity index (χ0n) is 41.6. The van der Waals surface area contributed by atoms with Gasteiger partial charge in [0.1, 0.15) is 0 Å². The Morgan fingerprint density at radius 2 is 0.711 bits per heavy atom. The van der Waals surface area contributed by atoms with Gasteiger partial charge in [0.25, 0.3) is 6.71 Å². The minimum Gasteiger partial charge on any atom is -0.311 e. The van der Waals surface area contributed by atoms with Gasteiger partial charge in [0.2, 0.25) is 0 Å². The number of hydrogen-bond acceptors (Lipinski definition) is 2. The van der Waals surface area contributed by atoms with Gasteiger partial charge in [0.15, 0.2) is 0 Å². The quantitative estimate of drug-likeness (QED) is 0.141. The minimum absolute atomic E-state index is 0.0949. The fourth-order valence-corrected chi connectivity index (χ4v) is 12.4. The van der Waals surface area contributed by atoms with Crippen LogP contribution in [0, 0.1) is 0 Å². The summed E-state index contributed by atoms with van der Waals surface area (Å²) in [6, 6.07) is 107. The molecule has 0 aliphatic carbocycles. The molecule has 354 valence electrons. The normalized spacial score (nSPS) is 12.4. The molecule has 0 spiro atoms. The maximum absolute atomic E-state index is 2.59. The maximum Gasteiger partial charge on any atom is 0.252 e. The van der Waals surface area contributed by atoms with Gasteiger partial charge in [-0.15, -0.1) is 0 Å². The molecule has 1 aromatic heterocycles. The van der Waals surface area contributed by atoms with Crippen molar-refractivity contribution in [3.63, 3.8) is 0 Å². The van der Waals surface area contributed by atoms with E-state index < -0.39 is 0 Å². The molecule has 76 heavy (non-hydrogen) atoms. The van der Waals surface area contributed by atoms with Crippen LogP contribution in [0.3, 0.4) is 0 Å². The van der Waals surface area contributed by atoms with Gasteiger partial charge in [-0.3, -0.25) is 0 Å². The van der Waals surface area contributed by atoms with Crippen LogP contribution in [0.25, 0.3) is 83.1 Å². The molecule has 0 bridgehead atoms. The summed E-state index contributed by atoms with van der Waals surface area (Å²) in [5.74, 6) is 0. The van der Waals surface area contributed by atoms with Crippen molar-refractivity contribution >= 4 is 79.0 Å². The molecule has 13 aromatic rings. The van der Waals surface area contributed by atoms with Crippen LogP contribution in [0.5, 0.6) is 0 Å². The molecule has 0 atom stereocenters. The van der Waals surface area contributed by atoms with Crippen molar-refractivity contribution in [2.24, 2.45) is 0 Å². The molecule has 4 heteroatoms. The summed E-state index contributed by atoms with van der Waals surface area (Å²) in [6.07, 6.45) is 0. The van der Waals surface area contributed by atoms with Crippen molar-refractivity contribution in [3.05, 3.63) is 291 Å². The van der Waals surface area contributed by atoms with Crippen LogP contribution < -0.4 is 26.2 Å². The van der Waals surface area contributed by atoms with Gasteiger partial charge in [-0.05, 0) is 115 Å². The molecule has 3 nitrogen and oxygen atoms in total. The summed E-state index contributed by atoms with van der Waals surface area (Å²) in [5, 5.41) is 2.42. The summed E-state index contributed by atoms with van der Waals surface area (Å²) < 4.78 is 2.56. The van der Waals surface area contributed by atoms with E-state index in [0.717, 1.165) is 28.1 Å². The van der Waals surface area contributed by atoms with Gasteiger partial charge in [-0.1, -0.05) is 237 Å². The lowest BCUT2D eigenvalue weighted by Gasteiger charge is -2.44. The summed E-state index contributed by atoms with van der Waals surface area (Å²) in [4.78, 5) is 5.09. The summed E-state index contributed by atoms with van der Waals surface area (Å²) in [7, 11) is 0. The minimum atomic E-state index is -0.0949. The Hall–Kier alpha value is -9.90. The topological polar surface area (TPSA) is 11.4 Å². The lowest BCUT2D eigenvalue weighted by atomic mass is 9.33. The zero-order valence-corrected chi connectivity index (χ0v) is 41.6. The van der Waals surface area contributed by atoms with Crippen molar-refractivity contribution in [1.29, 1.82) is 0 Å².